The monoisotopic (exact) mass is 339 g/mol. The highest BCUT2D eigenvalue weighted by atomic mass is 32.1. The van der Waals surface area contributed by atoms with Gasteiger partial charge in [-0.1, -0.05) is 36.4 Å². The lowest BCUT2D eigenvalue weighted by Gasteiger charge is -2.24. The van der Waals surface area contributed by atoms with Crippen LogP contribution in [0.2, 0.25) is 0 Å². The molecular weight excluding hydrogens is 318 g/mol. The fourth-order valence-electron chi connectivity index (χ4n) is 2.57. The van der Waals surface area contributed by atoms with Crippen LogP contribution >= 0.6 is 11.3 Å². The van der Waals surface area contributed by atoms with Crippen LogP contribution in [-0.2, 0) is 13.1 Å². The summed E-state index contributed by atoms with van der Waals surface area (Å²) in [6.45, 7) is 3.91. The SMILES string of the molecule is Cc1cnc(CN(Cc2ccccc2)CC(O)c2cccs2)cn1. The number of nitrogens with zero attached hydrogens (tertiary/aromatic N) is 3. The Labute approximate surface area is 146 Å². The van der Waals surface area contributed by atoms with Crippen LogP contribution in [0.25, 0.3) is 0 Å². The van der Waals surface area contributed by atoms with Crippen molar-refractivity contribution < 1.29 is 5.11 Å². The normalized spacial score (nSPS) is 12.5. The van der Waals surface area contributed by atoms with Crippen LogP contribution < -0.4 is 0 Å². The van der Waals surface area contributed by atoms with Crippen molar-refractivity contribution in [1.82, 2.24) is 14.9 Å². The average Bonchev–Trinajstić information content (AvgIpc) is 3.12. The summed E-state index contributed by atoms with van der Waals surface area (Å²) in [6.07, 6.45) is 3.10. The minimum atomic E-state index is -0.493. The van der Waals surface area contributed by atoms with E-state index in [1.54, 1.807) is 17.5 Å². The number of hydrogen-bond donors (Lipinski definition) is 1. The molecule has 0 amide bonds. The Kier molecular flexibility index (Phi) is 5.69. The summed E-state index contributed by atoms with van der Waals surface area (Å²) in [5.74, 6) is 0. The van der Waals surface area contributed by atoms with E-state index in [1.165, 1.54) is 5.56 Å². The first-order valence-electron chi connectivity index (χ1n) is 7.96. The third-order valence-corrected chi connectivity index (χ3v) is 4.75. The number of thiophene rings is 1. The lowest BCUT2D eigenvalue weighted by Crippen LogP contribution is -2.28. The molecule has 2 aromatic heterocycles. The highest BCUT2D eigenvalue weighted by Gasteiger charge is 2.16. The molecule has 3 rings (SSSR count). The van der Waals surface area contributed by atoms with Crippen molar-refractivity contribution >= 4 is 11.3 Å². The van der Waals surface area contributed by atoms with Crippen LogP contribution in [-0.4, -0.2) is 26.5 Å². The van der Waals surface area contributed by atoms with Gasteiger partial charge in [-0.2, -0.15) is 0 Å². The number of hydrogen-bond acceptors (Lipinski definition) is 5. The van der Waals surface area contributed by atoms with E-state index in [0.29, 0.717) is 13.1 Å². The van der Waals surface area contributed by atoms with Crippen molar-refractivity contribution in [2.75, 3.05) is 6.54 Å². The molecule has 124 valence electrons. The lowest BCUT2D eigenvalue weighted by molar-refractivity contribution is 0.106. The van der Waals surface area contributed by atoms with E-state index in [9.17, 15) is 5.11 Å². The standard InChI is InChI=1S/C19H21N3OS/c1-15-10-21-17(11-20-15)13-22(12-16-6-3-2-4-7-16)14-18(23)19-8-5-9-24-19/h2-11,18,23H,12-14H2,1H3. The molecule has 24 heavy (non-hydrogen) atoms. The average molecular weight is 339 g/mol. The number of aromatic nitrogens is 2. The summed E-state index contributed by atoms with van der Waals surface area (Å²) in [7, 11) is 0. The first-order chi connectivity index (χ1) is 11.7. The van der Waals surface area contributed by atoms with E-state index in [-0.39, 0.29) is 0 Å². The topological polar surface area (TPSA) is 49.2 Å². The molecule has 0 saturated heterocycles. The van der Waals surface area contributed by atoms with Crippen molar-refractivity contribution in [3.05, 3.63) is 82.1 Å². The molecule has 1 unspecified atom stereocenters. The van der Waals surface area contributed by atoms with Crippen LogP contribution in [0.5, 0.6) is 0 Å². The minimum absolute atomic E-state index is 0.493. The first-order valence-corrected chi connectivity index (χ1v) is 8.84. The van der Waals surface area contributed by atoms with Crippen molar-refractivity contribution in [3.63, 3.8) is 0 Å². The summed E-state index contributed by atoms with van der Waals surface area (Å²) in [4.78, 5) is 12.0. The third-order valence-electron chi connectivity index (χ3n) is 3.77. The predicted molar refractivity (Wildman–Crippen MR) is 96.6 cm³/mol. The molecule has 0 aliphatic heterocycles. The van der Waals surface area contributed by atoms with E-state index >= 15 is 0 Å². The fourth-order valence-corrected chi connectivity index (χ4v) is 3.28. The summed E-state index contributed by atoms with van der Waals surface area (Å²) in [5, 5.41) is 12.5. The number of benzene rings is 1. The summed E-state index contributed by atoms with van der Waals surface area (Å²) in [5.41, 5.74) is 3.04. The Bertz CT molecular complexity index is 729. The number of aliphatic hydroxyl groups is 1. The maximum atomic E-state index is 10.5. The molecule has 4 nitrogen and oxygen atoms in total. The van der Waals surface area contributed by atoms with E-state index in [0.717, 1.165) is 22.8 Å². The third kappa shape index (κ3) is 4.71. The summed E-state index contributed by atoms with van der Waals surface area (Å²) in [6, 6.07) is 14.2. The molecule has 0 bridgehead atoms. The number of aliphatic hydroxyl groups excluding tert-OH is 1. The molecule has 5 heteroatoms. The molecule has 1 aromatic carbocycles. The molecule has 0 saturated carbocycles. The predicted octanol–water partition coefficient (Wildman–Crippen LogP) is 3.58. The van der Waals surface area contributed by atoms with Crippen molar-refractivity contribution in [2.24, 2.45) is 0 Å². The quantitative estimate of drug-likeness (QED) is 0.715. The van der Waals surface area contributed by atoms with Gasteiger partial charge in [0.1, 0.15) is 6.10 Å². The summed E-state index contributed by atoms with van der Waals surface area (Å²) < 4.78 is 0. The van der Waals surface area contributed by atoms with Crippen LogP contribution in [0, 0.1) is 6.92 Å². The molecule has 0 fully saturated rings. The van der Waals surface area contributed by atoms with Crippen LogP contribution in [0.4, 0.5) is 0 Å². The molecule has 0 spiro atoms. The molecule has 1 N–H and O–H groups in total. The van der Waals surface area contributed by atoms with Crippen molar-refractivity contribution in [1.29, 1.82) is 0 Å². The minimum Gasteiger partial charge on any atom is -0.386 e. The van der Waals surface area contributed by atoms with E-state index < -0.39 is 6.10 Å². The fraction of sp³-hybridized carbons (Fsp3) is 0.263. The largest absolute Gasteiger partial charge is 0.386 e. The molecule has 0 aliphatic carbocycles. The Balaban J connectivity index is 1.73. The van der Waals surface area contributed by atoms with E-state index in [1.807, 2.05) is 48.8 Å². The highest BCUT2D eigenvalue weighted by Crippen LogP contribution is 2.21. The number of rotatable bonds is 7. The molecule has 0 radical (unpaired) electrons. The van der Waals surface area contributed by atoms with Crippen LogP contribution in [0.15, 0.2) is 60.2 Å². The van der Waals surface area contributed by atoms with Gasteiger partial charge in [-0.05, 0) is 23.9 Å². The van der Waals surface area contributed by atoms with E-state index in [2.05, 4.69) is 27.0 Å². The second-order valence-electron chi connectivity index (χ2n) is 5.84. The molecule has 1 atom stereocenters. The second-order valence-corrected chi connectivity index (χ2v) is 6.81. The Morgan fingerprint density at radius 1 is 1.04 bits per heavy atom. The second kappa shape index (κ2) is 8.15. The Morgan fingerprint density at radius 3 is 2.54 bits per heavy atom. The zero-order valence-corrected chi connectivity index (χ0v) is 14.5. The zero-order chi connectivity index (χ0) is 16.8. The van der Waals surface area contributed by atoms with Gasteiger partial charge in [-0.3, -0.25) is 14.9 Å². The van der Waals surface area contributed by atoms with Gasteiger partial charge in [0, 0.05) is 36.9 Å². The summed E-state index contributed by atoms with van der Waals surface area (Å²) >= 11 is 1.58. The molecule has 3 aromatic rings. The first kappa shape index (κ1) is 16.8. The highest BCUT2D eigenvalue weighted by molar-refractivity contribution is 7.10. The van der Waals surface area contributed by atoms with Gasteiger partial charge in [0.05, 0.1) is 11.4 Å². The van der Waals surface area contributed by atoms with Crippen LogP contribution in [0.3, 0.4) is 0 Å². The maximum absolute atomic E-state index is 10.5. The van der Waals surface area contributed by atoms with Gasteiger partial charge >= 0.3 is 0 Å². The van der Waals surface area contributed by atoms with Crippen molar-refractivity contribution in [2.45, 2.75) is 26.1 Å². The van der Waals surface area contributed by atoms with Gasteiger partial charge in [-0.25, -0.2) is 0 Å². The number of aryl methyl sites for hydroxylation is 1. The van der Waals surface area contributed by atoms with Gasteiger partial charge < -0.3 is 5.11 Å². The van der Waals surface area contributed by atoms with Gasteiger partial charge in [0.2, 0.25) is 0 Å². The Morgan fingerprint density at radius 2 is 1.88 bits per heavy atom. The smallest absolute Gasteiger partial charge is 0.101 e. The van der Waals surface area contributed by atoms with Crippen molar-refractivity contribution in [3.8, 4) is 0 Å². The Hall–Kier alpha value is -2.08. The molecule has 2 heterocycles. The van der Waals surface area contributed by atoms with Gasteiger partial charge in [0.15, 0.2) is 0 Å². The van der Waals surface area contributed by atoms with Gasteiger partial charge in [0.25, 0.3) is 0 Å². The molecular formula is C19H21N3OS. The lowest BCUT2D eigenvalue weighted by atomic mass is 10.2. The van der Waals surface area contributed by atoms with Gasteiger partial charge in [-0.15, -0.1) is 11.3 Å². The van der Waals surface area contributed by atoms with E-state index in [4.69, 9.17) is 0 Å². The van der Waals surface area contributed by atoms with Crippen LogP contribution in [0.1, 0.15) is 27.9 Å². The maximum Gasteiger partial charge on any atom is 0.101 e. The molecule has 0 aliphatic rings. The zero-order valence-electron chi connectivity index (χ0n) is 13.7.